The van der Waals surface area contributed by atoms with Crippen LogP contribution in [0.1, 0.15) is 38.8 Å². The lowest BCUT2D eigenvalue weighted by Gasteiger charge is -2.20. The van der Waals surface area contributed by atoms with Gasteiger partial charge in [0.25, 0.3) is 5.91 Å². The van der Waals surface area contributed by atoms with Gasteiger partial charge in [-0.05, 0) is 38.0 Å². The molecule has 1 heterocycles. The van der Waals surface area contributed by atoms with Gasteiger partial charge >= 0.3 is 6.03 Å². The first-order valence-electron chi connectivity index (χ1n) is 7.86. The van der Waals surface area contributed by atoms with Gasteiger partial charge in [-0.2, -0.15) is 0 Å². The molecule has 0 aliphatic carbocycles. The van der Waals surface area contributed by atoms with Gasteiger partial charge in [-0.25, -0.2) is 4.79 Å². The van der Waals surface area contributed by atoms with Gasteiger partial charge in [0.2, 0.25) is 5.91 Å². The Morgan fingerprint density at radius 1 is 1.29 bits per heavy atom. The topological polar surface area (TPSA) is 87.7 Å². The summed E-state index contributed by atoms with van der Waals surface area (Å²) in [4.78, 5) is 37.1. The van der Waals surface area contributed by atoms with Gasteiger partial charge in [0, 0.05) is 0 Å². The predicted octanol–water partition coefficient (Wildman–Crippen LogP) is 1.59. The number of nitrogens with zero attached hydrogens (tertiary/aromatic N) is 1. The molecule has 1 atom stereocenters. The second-order valence-corrected chi connectivity index (χ2v) is 6.25. The highest BCUT2D eigenvalue weighted by molar-refractivity contribution is 6.08. The third-order valence-electron chi connectivity index (χ3n) is 4.01. The maximum Gasteiger partial charge on any atom is 0.325 e. The summed E-state index contributed by atoms with van der Waals surface area (Å²) in [5, 5.41) is 5.42. The molecule has 1 aromatic rings. The highest BCUT2D eigenvalue weighted by Gasteiger charge is 2.44. The minimum absolute atomic E-state index is 0.197. The van der Waals surface area contributed by atoms with E-state index in [-0.39, 0.29) is 18.5 Å². The average molecular weight is 333 g/mol. The number of carbonyl (C=O) groups is 3. The summed E-state index contributed by atoms with van der Waals surface area (Å²) in [6, 6.07) is 6.66. The summed E-state index contributed by atoms with van der Waals surface area (Å²) in [6.45, 7) is 4.88. The molecule has 24 heavy (non-hydrogen) atoms. The van der Waals surface area contributed by atoms with E-state index >= 15 is 0 Å². The van der Waals surface area contributed by atoms with Crippen molar-refractivity contribution in [1.29, 1.82) is 0 Å². The van der Waals surface area contributed by atoms with Crippen molar-refractivity contribution >= 4 is 17.8 Å². The monoisotopic (exact) mass is 333 g/mol. The van der Waals surface area contributed by atoms with Gasteiger partial charge in [-0.1, -0.05) is 19.1 Å². The summed E-state index contributed by atoms with van der Waals surface area (Å²) in [6.07, 6.45) is 0.684. The molecule has 2 rings (SSSR count). The molecule has 1 aromatic carbocycles. The molecule has 7 nitrogen and oxygen atoms in total. The number of imide groups is 1. The van der Waals surface area contributed by atoms with Crippen molar-refractivity contribution in [3.8, 4) is 5.75 Å². The van der Waals surface area contributed by atoms with Crippen molar-refractivity contribution in [2.75, 3.05) is 13.7 Å². The number of rotatable bonds is 6. The molecule has 1 aliphatic rings. The standard InChI is InChI=1S/C17H23N3O4/c1-5-13(11-6-8-12(24-4)9-7-11)18-14(21)10-20-15(22)17(2,3)19-16(20)23/h6-9,13H,5,10H2,1-4H3,(H,18,21)(H,19,23)/t13-/m0/s1. The number of ether oxygens (including phenoxy) is 1. The molecule has 0 spiro atoms. The largest absolute Gasteiger partial charge is 0.497 e. The van der Waals surface area contributed by atoms with Crippen LogP contribution in [0.5, 0.6) is 5.75 Å². The number of amides is 4. The van der Waals surface area contributed by atoms with E-state index in [2.05, 4.69) is 10.6 Å². The zero-order valence-corrected chi connectivity index (χ0v) is 14.4. The van der Waals surface area contributed by atoms with Crippen LogP contribution in [-0.2, 0) is 9.59 Å². The third-order valence-corrected chi connectivity index (χ3v) is 4.01. The Labute approximate surface area is 141 Å². The van der Waals surface area contributed by atoms with Gasteiger partial charge in [-0.3, -0.25) is 14.5 Å². The lowest BCUT2D eigenvalue weighted by molar-refractivity contribution is -0.134. The fourth-order valence-corrected chi connectivity index (χ4v) is 2.60. The molecule has 4 amide bonds. The molecular weight excluding hydrogens is 310 g/mol. The minimum Gasteiger partial charge on any atom is -0.497 e. The van der Waals surface area contributed by atoms with Crippen LogP contribution in [0.4, 0.5) is 4.79 Å². The van der Waals surface area contributed by atoms with Gasteiger partial charge in [-0.15, -0.1) is 0 Å². The number of methoxy groups -OCH3 is 1. The van der Waals surface area contributed by atoms with Crippen LogP contribution < -0.4 is 15.4 Å². The Morgan fingerprint density at radius 3 is 2.38 bits per heavy atom. The molecule has 0 unspecified atom stereocenters. The summed E-state index contributed by atoms with van der Waals surface area (Å²) < 4.78 is 5.12. The van der Waals surface area contributed by atoms with Crippen LogP contribution in [0.15, 0.2) is 24.3 Å². The number of urea groups is 1. The number of hydrogen-bond donors (Lipinski definition) is 2. The van der Waals surface area contributed by atoms with Crippen molar-refractivity contribution in [2.45, 2.75) is 38.8 Å². The number of carbonyl (C=O) groups excluding carboxylic acids is 3. The first-order valence-corrected chi connectivity index (χ1v) is 7.86. The molecule has 2 N–H and O–H groups in total. The Balaban J connectivity index is 2.02. The van der Waals surface area contributed by atoms with E-state index in [9.17, 15) is 14.4 Å². The summed E-state index contributed by atoms with van der Waals surface area (Å²) in [5.74, 6) is -0.0412. The Hall–Kier alpha value is -2.57. The first kappa shape index (κ1) is 17.8. The molecule has 0 radical (unpaired) electrons. The maximum absolute atomic E-state index is 12.3. The third kappa shape index (κ3) is 3.67. The maximum atomic E-state index is 12.3. The van der Waals surface area contributed by atoms with Crippen LogP contribution in [0.2, 0.25) is 0 Å². The van der Waals surface area contributed by atoms with E-state index in [1.807, 2.05) is 31.2 Å². The average Bonchev–Trinajstić information content (AvgIpc) is 2.74. The number of benzene rings is 1. The second kappa shape index (κ2) is 6.90. The van der Waals surface area contributed by atoms with Gasteiger partial charge in [0.1, 0.15) is 17.8 Å². The highest BCUT2D eigenvalue weighted by Crippen LogP contribution is 2.21. The molecule has 7 heteroatoms. The van der Waals surface area contributed by atoms with Gasteiger partial charge in [0.15, 0.2) is 0 Å². The molecule has 1 saturated heterocycles. The van der Waals surface area contributed by atoms with E-state index in [1.165, 1.54) is 0 Å². The SMILES string of the molecule is CC[C@H](NC(=O)CN1C(=O)NC(C)(C)C1=O)c1ccc(OC)cc1. The smallest absolute Gasteiger partial charge is 0.325 e. The summed E-state index contributed by atoms with van der Waals surface area (Å²) >= 11 is 0. The minimum atomic E-state index is -0.975. The second-order valence-electron chi connectivity index (χ2n) is 6.25. The molecule has 1 fully saturated rings. The number of hydrogen-bond acceptors (Lipinski definition) is 4. The van der Waals surface area contributed by atoms with E-state index in [1.54, 1.807) is 21.0 Å². The molecular formula is C17H23N3O4. The van der Waals surface area contributed by atoms with Crippen LogP contribution in [0, 0.1) is 0 Å². The summed E-state index contributed by atoms with van der Waals surface area (Å²) in [7, 11) is 1.59. The van der Waals surface area contributed by atoms with Crippen molar-refractivity contribution in [3.63, 3.8) is 0 Å². The first-order chi connectivity index (χ1) is 11.3. The molecule has 0 saturated carbocycles. The Bertz CT molecular complexity index is 640. The quantitative estimate of drug-likeness (QED) is 0.774. The van der Waals surface area contributed by atoms with Crippen molar-refractivity contribution < 1.29 is 19.1 Å². The van der Waals surface area contributed by atoms with Crippen molar-refractivity contribution in [1.82, 2.24) is 15.5 Å². The number of nitrogens with one attached hydrogen (secondary N) is 2. The van der Waals surface area contributed by atoms with Crippen LogP contribution in [0.3, 0.4) is 0 Å². The van der Waals surface area contributed by atoms with E-state index < -0.39 is 17.5 Å². The Kier molecular flexibility index (Phi) is 5.11. The van der Waals surface area contributed by atoms with Crippen LogP contribution >= 0.6 is 0 Å². The molecule has 0 aromatic heterocycles. The lowest BCUT2D eigenvalue weighted by atomic mass is 10.0. The zero-order valence-electron chi connectivity index (χ0n) is 14.4. The van der Waals surface area contributed by atoms with Gasteiger partial charge < -0.3 is 15.4 Å². The van der Waals surface area contributed by atoms with Crippen molar-refractivity contribution in [3.05, 3.63) is 29.8 Å². The normalized spacial score (nSPS) is 17.4. The van der Waals surface area contributed by atoms with Gasteiger partial charge in [0.05, 0.1) is 13.2 Å². The zero-order chi connectivity index (χ0) is 17.9. The van der Waals surface area contributed by atoms with E-state index in [4.69, 9.17) is 4.74 Å². The lowest BCUT2D eigenvalue weighted by Crippen LogP contribution is -2.43. The highest BCUT2D eigenvalue weighted by atomic mass is 16.5. The predicted molar refractivity (Wildman–Crippen MR) is 88.5 cm³/mol. The van der Waals surface area contributed by atoms with Crippen LogP contribution in [0.25, 0.3) is 0 Å². The van der Waals surface area contributed by atoms with Crippen LogP contribution in [-0.4, -0.2) is 41.9 Å². The van der Waals surface area contributed by atoms with E-state index in [0.29, 0.717) is 6.42 Å². The fourth-order valence-electron chi connectivity index (χ4n) is 2.60. The van der Waals surface area contributed by atoms with Crippen molar-refractivity contribution in [2.24, 2.45) is 0 Å². The fraction of sp³-hybridized carbons (Fsp3) is 0.471. The Morgan fingerprint density at radius 2 is 1.92 bits per heavy atom. The molecule has 130 valence electrons. The summed E-state index contributed by atoms with van der Waals surface area (Å²) in [5.41, 5.74) is -0.0403. The van der Waals surface area contributed by atoms with E-state index in [0.717, 1.165) is 16.2 Å². The molecule has 1 aliphatic heterocycles. The molecule has 0 bridgehead atoms.